The van der Waals surface area contributed by atoms with Crippen LogP contribution in [0.3, 0.4) is 0 Å². The van der Waals surface area contributed by atoms with E-state index in [1.807, 2.05) is 30.3 Å². The fourth-order valence-electron chi connectivity index (χ4n) is 2.34. The summed E-state index contributed by atoms with van der Waals surface area (Å²) in [6.07, 6.45) is 0.898. The van der Waals surface area contributed by atoms with Crippen molar-refractivity contribution >= 4 is 5.82 Å². The van der Waals surface area contributed by atoms with Gasteiger partial charge in [0.25, 0.3) is 0 Å². The third-order valence-electron chi connectivity index (χ3n) is 3.61. The van der Waals surface area contributed by atoms with E-state index in [2.05, 4.69) is 17.3 Å². The first-order valence-electron chi connectivity index (χ1n) is 7.76. The number of methoxy groups -OCH3 is 2. The second kappa shape index (κ2) is 8.55. The van der Waals surface area contributed by atoms with Crippen LogP contribution in [0.2, 0.25) is 0 Å². The minimum absolute atomic E-state index is 0.0420. The van der Waals surface area contributed by atoms with Crippen LogP contribution in [0.1, 0.15) is 13.3 Å². The molecule has 1 unspecified atom stereocenters. The fourth-order valence-corrected chi connectivity index (χ4v) is 2.34. The Morgan fingerprint density at radius 3 is 2.83 bits per heavy atom. The van der Waals surface area contributed by atoms with Crippen LogP contribution >= 0.6 is 0 Å². The molecule has 23 heavy (non-hydrogen) atoms. The van der Waals surface area contributed by atoms with Crippen LogP contribution in [-0.4, -0.2) is 48.4 Å². The third kappa shape index (κ3) is 4.71. The van der Waals surface area contributed by atoms with Gasteiger partial charge >= 0.3 is 0 Å². The van der Waals surface area contributed by atoms with Gasteiger partial charge in [-0.1, -0.05) is 12.1 Å². The number of hydrogen-bond donors (Lipinski definition) is 2. The summed E-state index contributed by atoms with van der Waals surface area (Å²) in [7, 11) is 3.34. The molecular weight excluding hydrogens is 294 g/mol. The zero-order valence-electron chi connectivity index (χ0n) is 14.0. The number of nitrogens with one attached hydrogen (secondary N) is 1. The Bertz CT molecular complexity index is 613. The molecule has 0 amide bonds. The molecule has 0 fully saturated rings. The van der Waals surface area contributed by atoms with Crippen LogP contribution in [0.15, 0.2) is 30.3 Å². The van der Waals surface area contributed by atoms with Crippen LogP contribution in [0.4, 0.5) is 5.82 Å². The highest BCUT2D eigenvalue weighted by atomic mass is 16.5. The van der Waals surface area contributed by atoms with E-state index in [0.29, 0.717) is 13.2 Å². The summed E-state index contributed by atoms with van der Waals surface area (Å²) in [5, 5.41) is 17.3. The molecule has 0 aliphatic carbocycles. The molecule has 1 atom stereocenters. The maximum atomic E-state index is 9.25. The Balaban J connectivity index is 2.22. The van der Waals surface area contributed by atoms with Gasteiger partial charge in [-0.2, -0.15) is 5.10 Å². The number of anilines is 1. The van der Waals surface area contributed by atoms with Crippen LogP contribution in [0, 0.1) is 0 Å². The predicted molar refractivity (Wildman–Crippen MR) is 90.9 cm³/mol. The zero-order valence-corrected chi connectivity index (χ0v) is 14.0. The van der Waals surface area contributed by atoms with Crippen molar-refractivity contribution in [3.63, 3.8) is 0 Å². The molecule has 1 aromatic carbocycles. The molecule has 6 heteroatoms. The Labute approximate surface area is 137 Å². The Morgan fingerprint density at radius 1 is 1.30 bits per heavy atom. The van der Waals surface area contributed by atoms with E-state index in [-0.39, 0.29) is 12.6 Å². The van der Waals surface area contributed by atoms with Crippen LogP contribution < -0.4 is 10.1 Å². The smallest absolute Gasteiger partial charge is 0.125 e. The lowest BCUT2D eigenvalue weighted by Crippen LogP contribution is -2.20. The summed E-state index contributed by atoms with van der Waals surface area (Å²) in [5.41, 5.74) is 1.83. The summed E-state index contributed by atoms with van der Waals surface area (Å²) in [5.74, 6) is 1.68. The molecule has 0 spiro atoms. The molecule has 1 aromatic heterocycles. The zero-order chi connectivity index (χ0) is 16.7. The van der Waals surface area contributed by atoms with Gasteiger partial charge in [-0.3, -0.25) is 0 Å². The Hall–Kier alpha value is -2.05. The Morgan fingerprint density at radius 2 is 2.13 bits per heavy atom. The number of aromatic nitrogens is 2. The van der Waals surface area contributed by atoms with Gasteiger partial charge in [0, 0.05) is 31.4 Å². The minimum Gasteiger partial charge on any atom is -0.497 e. The maximum absolute atomic E-state index is 9.25. The molecule has 1 heterocycles. The summed E-state index contributed by atoms with van der Waals surface area (Å²) >= 11 is 0. The molecule has 2 rings (SSSR count). The van der Waals surface area contributed by atoms with Crippen molar-refractivity contribution in [3.8, 4) is 17.0 Å². The lowest BCUT2D eigenvalue weighted by molar-refractivity contribution is 0.191. The molecule has 2 aromatic rings. The van der Waals surface area contributed by atoms with E-state index in [9.17, 15) is 5.11 Å². The molecule has 126 valence electrons. The normalized spacial score (nSPS) is 12.2. The van der Waals surface area contributed by atoms with E-state index in [4.69, 9.17) is 9.47 Å². The summed E-state index contributed by atoms with van der Waals surface area (Å²) in [6.45, 7) is 3.29. The van der Waals surface area contributed by atoms with Crippen LogP contribution in [0.5, 0.6) is 5.75 Å². The number of nitrogens with zero attached hydrogens (tertiary/aromatic N) is 2. The quantitative estimate of drug-likeness (QED) is 0.743. The average Bonchev–Trinajstić information content (AvgIpc) is 2.96. The first-order valence-corrected chi connectivity index (χ1v) is 7.76. The van der Waals surface area contributed by atoms with Crippen molar-refractivity contribution < 1.29 is 14.6 Å². The molecule has 0 radical (unpaired) electrons. The molecule has 0 aliphatic rings. The van der Waals surface area contributed by atoms with Crippen molar-refractivity contribution in [1.29, 1.82) is 0 Å². The van der Waals surface area contributed by atoms with Crippen molar-refractivity contribution in [2.45, 2.75) is 25.9 Å². The number of ether oxygens (including phenoxy) is 2. The molecule has 0 saturated carbocycles. The van der Waals surface area contributed by atoms with Gasteiger partial charge in [-0.05, 0) is 25.5 Å². The standard InChI is InChI=1S/C17H25N3O3/c1-13(7-10-22-2)18-17-12-16(19-20(17)8-9-21)14-5-4-6-15(11-14)23-3/h4-6,11-13,18,21H,7-10H2,1-3H3. The maximum Gasteiger partial charge on any atom is 0.125 e. The van der Waals surface area contributed by atoms with Gasteiger partial charge in [-0.25, -0.2) is 4.68 Å². The fraction of sp³-hybridized carbons (Fsp3) is 0.471. The molecule has 0 aliphatic heterocycles. The molecule has 6 nitrogen and oxygen atoms in total. The van der Waals surface area contributed by atoms with Crippen molar-refractivity contribution in [2.75, 3.05) is 32.8 Å². The van der Waals surface area contributed by atoms with E-state index in [1.165, 1.54) is 0 Å². The van der Waals surface area contributed by atoms with Crippen LogP contribution in [-0.2, 0) is 11.3 Å². The lowest BCUT2D eigenvalue weighted by atomic mass is 10.1. The first-order chi connectivity index (χ1) is 11.2. The lowest BCUT2D eigenvalue weighted by Gasteiger charge is -2.15. The number of rotatable bonds is 9. The summed E-state index contributed by atoms with van der Waals surface area (Å²) in [6, 6.07) is 10.0. The van der Waals surface area contributed by atoms with Gasteiger partial charge in [0.05, 0.1) is 26.0 Å². The van der Waals surface area contributed by atoms with E-state index in [1.54, 1.807) is 18.9 Å². The topological polar surface area (TPSA) is 68.5 Å². The minimum atomic E-state index is 0.0420. The van der Waals surface area contributed by atoms with Crippen LogP contribution in [0.25, 0.3) is 11.3 Å². The van der Waals surface area contributed by atoms with Crippen molar-refractivity contribution in [2.24, 2.45) is 0 Å². The van der Waals surface area contributed by atoms with E-state index >= 15 is 0 Å². The van der Waals surface area contributed by atoms with Crippen molar-refractivity contribution in [1.82, 2.24) is 9.78 Å². The second-order valence-corrected chi connectivity index (χ2v) is 5.42. The predicted octanol–water partition coefficient (Wildman–Crippen LogP) is 2.39. The Kier molecular flexibility index (Phi) is 6.43. The van der Waals surface area contributed by atoms with E-state index < -0.39 is 0 Å². The number of aliphatic hydroxyl groups excluding tert-OH is 1. The average molecular weight is 319 g/mol. The van der Waals surface area contributed by atoms with Gasteiger partial charge in [-0.15, -0.1) is 0 Å². The molecule has 2 N–H and O–H groups in total. The monoisotopic (exact) mass is 319 g/mol. The molecule has 0 saturated heterocycles. The van der Waals surface area contributed by atoms with Gasteiger partial charge in [0.2, 0.25) is 0 Å². The van der Waals surface area contributed by atoms with E-state index in [0.717, 1.165) is 29.2 Å². The van der Waals surface area contributed by atoms with Gasteiger partial charge in [0.1, 0.15) is 11.6 Å². The summed E-state index contributed by atoms with van der Waals surface area (Å²) in [4.78, 5) is 0. The number of benzene rings is 1. The third-order valence-corrected chi connectivity index (χ3v) is 3.61. The van der Waals surface area contributed by atoms with Gasteiger partial charge < -0.3 is 19.9 Å². The number of aliphatic hydroxyl groups is 1. The first kappa shape index (κ1) is 17.3. The highest BCUT2D eigenvalue weighted by Crippen LogP contribution is 2.25. The second-order valence-electron chi connectivity index (χ2n) is 5.42. The number of hydrogen-bond acceptors (Lipinski definition) is 5. The highest BCUT2D eigenvalue weighted by Gasteiger charge is 2.12. The molecule has 0 bridgehead atoms. The van der Waals surface area contributed by atoms with Gasteiger partial charge in [0.15, 0.2) is 0 Å². The largest absolute Gasteiger partial charge is 0.497 e. The summed E-state index contributed by atoms with van der Waals surface area (Å²) < 4.78 is 12.2. The molecular formula is C17H25N3O3. The van der Waals surface area contributed by atoms with Crippen molar-refractivity contribution in [3.05, 3.63) is 30.3 Å². The highest BCUT2D eigenvalue weighted by molar-refractivity contribution is 5.64. The SMILES string of the molecule is COCCC(C)Nc1cc(-c2cccc(OC)c2)nn1CCO.